The molecule has 0 heterocycles. The zero-order chi connectivity index (χ0) is 22.7. The van der Waals surface area contributed by atoms with Gasteiger partial charge in [0.2, 0.25) is 0 Å². The largest absolute Gasteiger partial charge is 0.458 e. The zero-order valence-electron chi connectivity index (χ0n) is 19.2. The Morgan fingerprint density at radius 3 is 2.53 bits per heavy atom. The van der Waals surface area contributed by atoms with Crippen molar-refractivity contribution in [2.75, 3.05) is 0 Å². The van der Waals surface area contributed by atoms with Gasteiger partial charge in [-0.1, -0.05) is 43.7 Å². The molecule has 1 aromatic rings. The number of benzene rings is 1. The van der Waals surface area contributed by atoms with Crippen LogP contribution in [-0.2, 0) is 14.3 Å². The van der Waals surface area contributed by atoms with Crippen molar-refractivity contribution in [3.05, 3.63) is 59.2 Å². The van der Waals surface area contributed by atoms with E-state index in [2.05, 4.69) is 19.9 Å². The summed E-state index contributed by atoms with van der Waals surface area (Å²) in [6.45, 7) is 6.14. The molecule has 0 unspecified atom stereocenters. The molecule has 0 spiro atoms. The van der Waals surface area contributed by atoms with E-state index in [0.717, 1.165) is 31.3 Å². The van der Waals surface area contributed by atoms with Gasteiger partial charge < -0.3 is 4.74 Å². The van der Waals surface area contributed by atoms with Crippen molar-refractivity contribution in [3.63, 3.8) is 0 Å². The summed E-state index contributed by atoms with van der Waals surface area (Å²) in [4.78, 5) is 37.9. The number of fused-ring (bicyclic) bond motifs is 5. The molecule has 4 aliphatic carbocycles. The Morgan fingerprint density at radius 2 is 1.81 bits per heavy atom. The molecule has 2 saturated carbocycles. The van der Waals surface area contributed by atoms with Crippen LogP contribution in [0.15, 0.2) is 53.6 Å². The highest BCUT2D eigenvalue weighted by Gasteiger charge is 2.62. The van der Waals surface area contributed by atoms with Gasteiger partial charge in [0, 0.05) is 17.8 Å². The van der Waals surface area contributed by atoms with E-state index in [4.69, 9.17) is 4.74 Å². The zero-order valence-corrected chi connectivity index (χ0v) is 19.2. The van der Waals surface area contributed by atoms with Gasteiger partial charge in [-0.2, -0.15) is 0 Å². The van der Waals surface area contributed by atoms with E-state index in [9.17, 15) is 14.4 Å². The Kier molecular flexibility index (Phi) is 5.03. The molecule has 2 fully saturated rings. The first-order valence-electron chi connectivity index (χ1n) is 12.0. The first-order valence-corrected chi connectivity index (χ1v) is 12.0. The van der Waals surface area contributed by atoms with Gasteiger partial charge in [0.25, 0.3) is 0 Å². The van der Waals surface area contributed by atoms with Gasteiger partial charge in [0.05, 0.1) is 5.56 Å². The van der Waals surface area contributed by atoms with Gasteiger partial charge in [-0.25, -0.2) is 4.79 Å². The SMILES string of the molecule is CC(=O)C1=CC[C@H]2[C@@H]3CCC4=CC(=O)CC[C@]4(C)[C@H]3[C@H](OC(=O)c3ccccc3)C[C@]12C. The van der Waals surface area contributed by atoms with Crippen LogP contribution in [0.2, 0.25) is 0 Å². The van der Waals surface area contributed by atoms with Gasteiger partial charge in [0.15, 0.2) is 11.6 Å². The van der Waals surface area contributed by atoms with E-state index < -0.39 is 0 Å². The van der Waals surface area contributed by atoms with Crippen LogP contribution >= 0.6 is 0 Å². The molecule has 0 radical (unpaired) electrons. The molecule has 1 aromatic carbocycles. The molecule has 32 heavy (non-hydrogen) atoms. The fourth-order valence-electron chi connectivity index (χ4n) is 7.66. The van der Waals surface area contributed by atoms with Crippen molar-refractivity contribution >= 4 is 17.5 Å². The predicted molar refractivity (Wildman–Crippen MR) is 122 cm³/mol. The fourth-order valence-corrected chi connectivity index (χ4v) is 7.66. The maximum atomic E-state index is 13.1. The lowest BCUT2D eigenvalue weighted by molar-refractivity contribution is -0.130. The highest BCUT2D eigenvalue weighted by atomic mass is 16.5. The second-order valence-corrected chi connectivity index (χ2v) is 10.7. The number of ketones is 2. The molecule has 4 aliphatic rings. The smallest absolute Gasteiger partial charge is 0.338 e. The van der Waals surface area contributed by atoms with Crippen LogP contribution in [0.4, 0.5) is 0 Å². The number of carbonyl (C=O) groups excluding carboxylic acids is 3. The minimum atomic E-state index is -0.297. The molecule has 4 nitrogen and oxygen atoms in total. The molecule has 0 saturated heterocycles. The molecule has 6 atom stereocenters. The summed E-state index contributed by atoms with van der Waals surface area (Å²) in [5.41, 5.74) is 2.29. The predicted octanol–water partition coefficient (Wildman–Crippen LogP) is 5.48. The highest BCUT2D eigenvalue weighted by molar-refractivity contribution is 5.95. The average molecular weight is 433 g/mol. The minimum absolute atomic E-state index is 0.132. The summed E-state index contributed by atoms with van der Waals surface area (Å²) in [6.07, 6.45) is 8.59. The van der Waals surface area contributed by atoms with E-state index in [1.807, 2.05) is 24.3 Å². The Labute approximate surface area is 190 Å². The lowest BCUT2D eigenvalue weighted by Crippen LogP contribution is -2.57. The van der Waals surface area contributed by atoms with Crippen LogP contribution in [0.1, 0.15) is 69.7 Å². The molecule has 0 bridgehead atoms. The molecule has 0 aliphatic heterocycles. The number of esters is 1. The average Bonchev–Trinajstić information content (AvgIpc) is 3.11. The van der Waals surface area contributed by atoms with Crippen molar-refractivity contribution in [2.24, 2.45) is 28.6 Å². The number of hydrogen-bond donors (Lipinski definition) is 0. The number of hydrogen-bond acceptors (Lipinski definition) is 4. The summed E-state index contributed by atoms with van der Waals surface area (Å²) in [6, 6.07) is 9.16. The Balaban J connectivity index is 1.56. The van der Waals surface area contributed by atoms with Crippen molar-refractivity contribution in [3.8, 4) is 0 Å². The lowest BCUT2D eigenvalue weighted by atomic mass is 9.46. The van der Waals surface area contributed by atoms with E-state index in [0.29, 0.717) is 30.2 Å². The third-order valence-electron chi connectivity index (χ3n) is 9.10. The lowest BCUT2D eigenvalue weighted by Gasteiger charge is -2.59. The van der Waals surface area contributed by atoms with Crippen LogP contribution in [-0.4, -0.2) is 23.6 Å². The molecule has 0 N–H and O–H groups in total. The van der Waals surface area contributed by atoms with Gasteiger partial charge in [0.1, 0.15) is 6.10 Å². The van der Waals surface area contributed by atoms with Crippen LogP contribution in [0.5, 0.6) is 0 Å². The number of ether oxygens (including phenoxy) is 1. The van der Waals surface area contributed by atoms with Gasteiger partial charge in [-0.15, -0.1) is 0 Å². The standard InChI is InChI=1S/C28H32O4/c1-17(29)22-11-12-23-21-10-9-19-15-20(30)13-14-27(19,2)25(21)24(16-28(22,23)3)32-26(31)18-7-5-4-6-8-18/h4-8,11,15,21,23-25H,9-10,12-14,16H2,1-3H3/t21-,23-,24+,25+,27-,28+/m0/s1. The number of carbonyl (C=O) groups is 3. The van der Waals surface area contributed by atoms with Crippen LogP contribution in [0.25, 0.3) is 0 Å². The first-order chi connectivity index (χ1) is 15.2. The second-order valence-electron chi connectivity index (χ2n) is 10.7. The van der Waals surface area contributed by atoms with Crippen molar-refractivity contribution < 1.29 is 19.1 Å². The maximum Gasteiger partial charge on any atom is 0.338 e. The number of allylic oxidation sites excluding steroid dienone is 4. The molecule has 0 amide bonds. The first kappa shape index (κ1) is 21.4. The van der Waals surface area contributed by atoms with Crippen LogP contribution in [0, 0.1) is 28.6 Å². The van der Waals surface area contributed by atoms with Crippen LogP contribution in [0.3, 0.4) is 0 Å². The van der Waals surface area contributed by atoms with E-state index in [1.165, 1.54) is 5.57 Å². The van der Waals surface area contributed by atoms with E-state index in [-0.39, 0.29) is 40.4 Å². The third-order valence-corrected chi connectivity index (χ3v) is 9.10. The molecule has 5 rings (SSSR count). The Bertz CT molecular complexity index is 1030. The van der Waals surface area contributed by atoms with Crippen molar-refractivity contribution in [1.82, 2.24) is 0 Å². The number of Topliss-reactive ketones (excluding diaryl/α,β-unsaturated/α-hetero) is 1. The summed E-state index contributed by atoms with van der Waals surface area (Å²) in [5, 5.41) is 0. The molecular weight excluding hydrogens is 400 g/mol. The van der Waals surface area contributed by atoms with Gasteiger partial charge in [-0.05, 0) is 80.1 Å². The Morgan fingerprint density at radius 1 is 1.06 bits per heavy atom. The minimum Gasteiger partial charge on any atom is -0.458 e. The quantitative estimate of drug-likeness (QED) is 0.594. The summed E-state index contributed by atoms with van der Waals surface area (Å²) in [5.74, 6) is 0.971. The van der Waals surface area contributed by atoms with E-state index in [1.54, 1.807) is 19.1 Å². The molecule has 0 aromatic heterocycles. The molecule has 4 heteroatoms. The normalized spacial score (nSPS) is 38.0. The maximum absolute atomic E-state index is 13.1. The van der Waals surface area contributed by atoms with Crippen molar-refractivity contribution in [1.29, 1.82) is 0 Å². The highest BCUT2D eigenvalue weighted by Crippen LogP contribution is 2.66. The molecule has 168 valence electrons. The fraction of sp³-hybridized carbons (Fsp3) is 0.536. The van der Waals surface area contributed by atoms with Gasteiger partial charge >= 0.3 is 5.97 Å². The summed E-state index contributed by atoms with van der Waals surface area (Å²) in [7, 11) is 0. The topological polar surface area (TPSA) is 60.4 Å². The second kappa shape index (κ2) is 7.54. The Hall–Kier alpha value is -2.49. The van der Waals surface area contributed by atoms with Crippen LogP contribution < -0.4 is 0 Å². The monoisotopic (exact) mass is 432 g/mol. The van der Waals surface area contributed by atoms with Crippen molar-refractivity contribution in [2.45, 2.75) is 65.4 Å². The van der Waals surface area contributed by atoms with E-state index >= 15 is 0 Å². The summed E-state index contributed by atoms with van der Waals surface area (Å²) >= 11 is 0. The number of rotatable bonds is 3. The third kappa shape index (κ3) is 3.14. The van der Waals surface area contributed by atoms with Gasteiger partial charge in [-0.3, -0.25) is 9.59 Å². The molecular formula is C28H32O4. The summed E-state index contributed by atoms with van der Waals surface area (Å²) < 4.78 is 6.30.